The van der Waals surface area contributed by atoms with E-state index < -0.39 is 10.9 Å². The molecule has 0 atom stereocenters. The Morgan fingerprint density at radius 1 is 1.00 bits per heavy atom. The molecule has 0 amide bonds. The van der Waals surface area contributed by atoms with Crippen LogP contribution in [-0.2, 0) is 6.42 Å². The summed E-state index contributed by atoms with van der Waals surface area (Å²) in [6.45, 7) is 2.02. The Kier molecular flexibility index (Phi) is 6.40. The lowest BCUT2D eigenvalue weighted by molar-refractivity contribution is -0.384. The Labute approximate surface area is 194 Å². The van der Waals surface area contributed by atoms with Crippen molar-refractivity contribution in [2.75, 3.05) is 0 Å². The monoisotopic (exact) mass is 459 g/mol. The molecule has 34 heavy (non-hydrogen) atoms. The third-order valence-corrected chi connectivity index (χ3v) is 5.37. The minimum absolute atomic E-state index is 0.0369. The van der Waals surface area contributed by atoms with Gasteiger partial charge in [0, 0.05) is 29.5 Å². The molecule has 8 nitrogen and oxygen atoms in total. The van der Waals surface area contributed by atoms with Gasteiger partial charge in [-0.3, -0.25) is 14.9 Å². The number of nitro groups is 1. The summed E-state index contributed by atoms with van der Waals surface area (Å²) in [6, 6.07) is 15.9. The quantitative estimate of drug-likeness (QED) is 0.116. The van der Waals surface area contributed by atoms with Crippen LogP contribution in [0.15, 0.2) is 71.1 Å². The minimum atomic E-state index is -0.603. The van der Waals surface area contributed by atoms with E-state index in [1.165, 1.54) is 66.7 Å². The highest BCUT2D eigenvalue weighted by Crippen LogP contribution is 2.32. The number of rotatable bonds is 8. The zero-order chi connectivity index (χ0) is 24.2. The summed E-state index contributed by atoms with van der Waals surface area (Å²) in [4.78, 5) is 36.4. The Morgan fingerprint density at radius 3 is 2.32 bits per heavy atom. The van der Waals surface area contributed by atoms with E-state index in [4.69, 9.17) is 9.15 Å². The number of fused-ring (bicyclic) bond motifs is 1. The van der Waals surface area contributed by atoms with Crippen LogP contribution in [0.4, 0.5) is 5.69 Å². The molecule has 0 fully saturated rings. The van der Waals surface area contributed by atoms with Gasteiger partial charge in [0.15, 0.2) is 5.78 Å². The standard InChI is InChI=1S/C26H21NO7/c1-2-3-4-23-24(21-15-18(27(31)32)9-14-22(21)34-23)25(29)16-7-12-20(13-8-16)33-26(30)17-5-10-19(28)11-6-17/h5-15,28H,2-4H2,1H3. The number of aryl methyl sites for hydroxylation is 1. The van der Waals surface area contributed by atoms with E-state index in [2.05, 4.69) is 0 Å². The van der Waals surface area contributed by atoms with Gasteiger partial charge >= 0.3 is 5.97 Å². The molecule has 1 N–H and O–H groups in total. The average Bonchev–Trinajstić information content (AvgIpc) is 3.20. The summed E-state index contributed by atoms with van der Waals surface area (Å²) < 4.78 is 11.2. The second-order valence-electron chi connectivity index (χ2n) is 7.73. The maximum atomic E-state index is 13.4. The van der Waals surface area contributed by atoms with Crippen LogP contribution in [0.2, 0.25) is 0 Å². The van der Waals surface area contributed by atoms with Crippen LogP contribution >= 0.6 is 0 Å². The van der Waals surface area contributed by atoms with E-state index in [0.29, 0.717) is 34.3 Å². The lowest BCUT2D eigenvalue weighted by Crippen LogP contribution is -2.09. The van der Waals surface area contributed by atoms with Crippen LogP contribution < -0.4 is 4.74 Å². The summed E-state index contributed by atoms with van der Waals surface area (Å²) in [5.41, 5.74) is 1.20. The number of carbonyl (C=O) groups excluding carboxylic acids is 2. The molecule has 4 aromatic rings. The molecular weight excluding hydrogens is 438 g/mol. The van der Waals surface area contributed by atoms with Gasteiger partial charge in [0.1, 0.15) is 22.8 Å². The van der Waals surface area contributed by atoms with Gasteiger partial charge in [0.2, 0.25) is 0 Å². The van der Waals surface area contributed by atoms with E-state index in [0.717, 1.165) is 12.8 Å². The Morgan fingerprint density at radius 2 is 1.68 bits per heavy atom. The molecule has 0 aliphatic carbocycles. The fourth-order valence-corrected chi connectivity index (χ4v) is 3.59. The predicted octanol–water partition coefficient (Wildman–Crippen LogP) is 5.84. The molecular formula is C26H21NO7. The van der Waals surface area contributed by atoms with Crippen molar-refractivity contribution in [3.05, 3.63) is 99.3 Å². The highest BCUT2D eigenvalue weighted by Gasteiger charge is 2.24. The van der Waals surface area contributed by atoms with E-state index in [9.17, 15) is 24.8 Å². The molecule has 0 saturated carbocycles. The van der Waals surface area contributed by atoms with Crippen molar-refractivity contribution in [1.29, 1.82) is 0 Å². The van der Waals surface area contributed by atoms with Crippen molar-refractivity contribution in [3.8, 4) is 11.5 Å². The van der Waals surface area contributed by atoms with Crippen molar-refractivity contribution in [3.63, 3.8) is 0 Å². The van der Waals surface area contributed by atoms with Crippen molar-refractivity contribution in [2.45, 2.75) is 26.2 Å². The maximum Gasteiger partial charge on any atom is 0.343 e. The summed E-state index contributed by atoms with van der Waals surface area (Å²) in [6.07, 6.45) is 2.22. The number of nitro benzene ring substituents is 1. The molecule has 0 radical (unpaired) electrons. The van der Waals surface area contributed by atoms with Crippen molar-refractivity contribution < 1.29 is 28.8 Å². The van der Waals surface area contributed by atoms with Crippen molar-refractivity contribution in [1.82, 2.24) is 0 Å². The van der Waals surface area contributed by atoms with Crippen LogP contribution in [0.5, 0.6) is 11.5 Å². The van der Waals surface area contributed by atoms with E-state index in [-0.39, 0.29) is 28.5 Å². The van der Waals surface area contributed by atoms with Crippen LogP contribution in [0.25, 0.3) is 11.0 Å². The number of hydrogen-bond acceptors (Lipinski definition) is 7. The maximum absolute atomic E-state index is 13.4. The molecule has 8 heteroatoms. The molecule has 0 saturated heterocycles. The first-order valence-corrected chi connectivity index (χ1v) is 10.7. The van der Waals surface area contributed by atoms with E-state index in [1.54, 1.807) is 0 Å². The van der Waals surface area contributed by atoms with Crippen LogP contribution in [0.1, 0.15) is 51.8 Å². The first-order chi connectivity index (χ1) is 16.4. The highest BCUT2D eigenvalue weighted by atomic mass is 16.6. The summed E-state index contributed by atoms with van der Waals surface area (Å²) in [5.74, 6) is -0.163. The number of unbranched alkanes of at least 4 members (excludes halogenated alkanes) is 1. The molecule has 1 aromatic heterocycles. The third-order valence-electron chi connectivity index (χ3n) is 5.37. The van der Waals surface area contributed by atoms with Crippen LogP contribution in [-0.4, -0.2) is 21.8 Å². The van der Waals surface area contributed by atoms with Gasteiger partial charge in [-0.1, -0.05) is 13.3 Å². The van der Waals surface area contributed by atoms with Gasteiger partial charge in [-0.25, -0.2) is 4.79 Å². The number of phenolic OH excluding ortho intramolecular Hbond substituents is 1. The zero-order valence-electron chi connectivity index (χ0n) is 18.3. The highest BCUT2D eigenvalue weighted by molar-refractivity contribution is 6.17. The SMILES string of the molecule is CCCCc1oc2ccc([N+](=O)[O-])cc2c1C(=O)c1ccc(OC(=O)c2ccc(O)cc2)cc1. The molecule has 0 aliphatic rings. The predicted molar refractivity (Wildman–Crippen MR) is 124 cm³/mol. The molecule has 0 unspecified atom stereocenters. The second kappa shape index (κ2) is 9.58. The second-order valence-corrected chi connectivity index (χ2v) is 7.73. The topological polar surface area (TPSA) is 120 Å². The Bertz CT molecular complexity index is 1370. The van der Waals surface area contributed by atoms with E-state index in [1.807, 2.05) is 6.92 Å². The lowest BCUT2D eigenvalue weighted by Gasteiger charge is -2.06. The molecule has 3 aromatic carbocycles. The number of furan rings is 1. The zero-order valence-corrected chi connectivity index (χ0v) is 18.3. The smallest absolute Gasteiger partial charge is 0.343 e. The van der Waals surface area contributed by atoms with Crippen molar-refractivity contribution in [2.24, 2.45) is 0 Å². The number of ketones is 1. The number of carbonyl (C=O) groups is 2. The number of nitrogens with zero attached hydrogens (tertiary/aromatic N) is 1. The van der Waals surface area contributed by atoms with Gasteiger partial charge in [0.05, 0.1) is 16.1 Å². The lowest BCUT2D eigenvalue weighted by atomic mass is 9.98. The van der Waals surface area contributed by atoms with Gasteiger partial charge in [-0.05, 0) is 61.0 Å². The molecule has 1 heterocycles. The first kappa shape index (κ1) is 22.7. The van der Waals surface area contributed by atoms with E-state index >= 15 is 0 Å². The van der Waals surface area contributed by atoms with Crippen molar-refractivity contribution >= 4 is 28.4 Å². The normalized spacial score (nSPS) is 10.9. The fourth-order valence-electron chi connectivity index (χ4n) is 3.59. The Hall–Kier alpha value is -4.46. The minimum Gasteiger partial charge on any atom is -0.508 e. The van der Waals surface area contributed by atoms with Gasteiger partial charge < -0.3 is 14.3 Å². The van der Waals surface area contributed by atoms with Gasteiger partial charge in [0.25, 0.3) is 5.69 Å². The number of hydrogen-bond donors (Lipinski definition) is 1. The Balaban J connectivity index is 1.63. The molecule has 0 spiro atoms. The third kappa shape index (κ3) is 4.66. The summed E-state index contributed by atoms with van der Waals surface area (Å²) >= 11 is 0. The average molecular weight is 459 g/mol. The fraction of sp³-hybridized carbons (Fsp3) is 0.154. The molecule has 0 aliphatic heterocycles. The van der Waals surface area contributed by atoms with Crippen LogP contribution in [0, 0.1) is 10.1 Å². The number of benzene rings is 3. The molecule has 172 valence electrons. The number of ether oxygens (including phenoxy) is 1. The summed E-state index contributed by atoms with van der Waals surface area (Å²) in [7, 11) is 0. The van der Waals surface area contributed by atoms with Gasteiger partial charge in [-0.2, -0.15) is 0 Å². The number of phenols is 1. The van der Waals surface area contributed by atoms with Crippen LogP contribution in [0.3, 0.4) is 0 Å². The number of aromatic hydroxyl groups is 1. The number of non-ortho nitro benzene ring substituents is 1. The summed E-state index contributed by atoms with van der Waals surface area (Å²) in [5, 5.41) is 21.0. The molecule has 0 bridgehead atoms. The molecule has 4 rings (SSSR count). The number of esters is 1. The first-order valence-electron chi connectivity index (χ1n) is 10.7. The van der Waals surface area contributed by atoms with Gasteiger partial charge in [-0.15, -0.1) is 0 Å². The largest absolute Gasteiger partial charge is 0.508 e.